The van der Waals surface area contributed by atoms with E-state index in [2.05, 4.69) is 17.7 Å². The highest BCUT2D eigenvalue weighted by atomic mass is 15.0. The van der Waals surface area contributed by atoms with Crippen LogP contribution >= 0.6 is 0 Å². The Balaban J connectivity index is 1.64. The molecule has 2 aliphatic carbocycles. The van der Waals surface area contributed by atoms with Gasteiger partial charge in [-0.05, 0) is 58.2 Å². The molecule has 2 saturated carbocycles. The van der Waals surface area contributed by atoms with Crippen molar-refractivity contribution in [2.24, 2.45) is 5.92 Å². The molecule has 0 spiro atoms. The second kappa shape index (κ2) is 5.31. The van der Waals surface area contributed by atoms with Gasteiger partial charge in [0.15, 0.2) is 0 Å². The summed E-state index contributed by atoms with van der Waals surface area (Å²) in [6, 6.07) is 0. The van der Waals surface area contributed by atoms with Crippen LogP contribution in [0, 0.1) is 5.92 Å². The van der Waals surface area contributed by atoms with Gasteiger partial charge in [0, 0.05) is 5.54 Å². The Labute approximate surface area is 94.2 Å². The molecule has 0 amide bonds. The molecule has 2 rings (SSSR count). The molecule has 15 heavy (non-hydrogen) atoms. The predicted molar refractivity (Wildman–Crippen MR) is 65.1 cm³/mol. The van der Waals surface area contributed by atoms with Gasteiger partial charge in [0.2, 0.25) is 0 Å². The largest absolute Gasteiger partial charge is 0.316 e. The summed E-state index contributed by atoms with van der Waals surface area (Å²) in [4.78, 5) is 0. The summed E-state index contributed by atoms with van der Waals surface area (Å²) < 4.78 is 0. The zero-order valence-corrected chi connectivity index (χ0v) is 10.1. The van der Waals surface area contributed by atoms with Crippen molar-refractivity contribution in [1.82, 2.24) is 10.6 Å². The lowest BCUT2D eigenvalue weighted by Crippen LogP contribution is -2.46. The average Bonchev–Trinajstić information content (AvgIpc) is 3.10. The molecule has 2 N–H and O–H groups in total. The molecule has 2 nitrogen and oxygen atoms in total. The highest BCUT2D eigenvalue weighted by molar-refractivity contribution is 4.90. The van der Waals surface area contributed by atoms with E-state index >= 15 is 0 Å². The summed E-state index contributed by atoms with van der Waals surface area (Å²) in [5.74, 6) is 1.02. The number of hydrogen-bond donors (Lipinski definition) is 2. The lowest BCUT2D eigenvalue weighted by molar-refractivity contribution is 0.228. The van der Waals surface area contributed by atoms with Crippen LogP contribution in [0.1, 0.15) is 51.4 Å². The molecule has 0 heterocycles. The molecule has 0 bridgehead atoms. The maximum Gasteiger partial charge on any atom is 0.0190 e. The third-order valence-corrected chi connectivity index (χ3v) is 4.25. The first-order valence-electron chi connectivity index (χ1n) is 6.74. The van der Waals surface area contributed by atoms with Gasteiger partial charge in [0.05, 0.1) is 0 Å². The van der Waals surface area contributed by atoms with Crippen molar-refractivity contribution in [2.45, 2.75) is 56.9 Å². The van der Waals surface area contributed by atoms with Crippen molar-refractivity contribution in [2.75, 3.05) is 20.1 Å². The minimum absolute atomic E-state index is 0.467. The molecule has 0 aromatic carbocycles. The van der Waals surface area contributed by atoms with Crippen LogP contribution in [0.4, 0.5) is 0 Å². The van der Waals surface area contributed by atoms with Crippen LogP contribution in [0.3, 0.4) is 0 Å². The van der Waals surface area contributed by atoms with E-state index in [1.54, 1.807) is 0 Å². The molecule has 0 aromatic heterocycles. The zero-order chi connectivity index (χ0) is 10.6. The summed E-state index contributed by atoms with van der Waals surface area (Å²) in [5, 5.41) is 7.19. The minimum atomic E-state index is 0.467. The van der Waals surface area contributed by atoms with E-state index in [0.717, 1.165) is 5.92 Å². The summed E-state index contributed by atoms with van der Waals surface area (Å²) in [6.45, 7) is 2.47. The molecule has 2 aliphatic rings. The minimum Gasteiger partial charge on any atom is -0.316 e. The maximum atomic E-state index is 3.61. The van der Waals surface area contributed by atoms with Crippen molar-refractivity contribution >= 4 is 0 Å². The van der Waals surface area contributed by atoms with Gasteiger partial charge in [-0.25, -0.2) is 0 Å². The molecular formula is C13H26N2. The van der Waals surface area contributed by atoms with Crippen LogP contribution in [-0.2, 0) is 0 Å². The Morgan fingerprint density at radius 1 is 1.13 bits per heavy atom. The van der Waals surface area contributed by atoms with Crippen LogP contribution in [0.15, 0.2) is 0 Å². The van der Waals surface area contributed by atoms with Gasteiger partial charge in [0.1, 0.15) is 0 Å². The van der Waals surface area contributed by atoms with E-state index in [9.17, 15) is 0 Å². The Hall–Kier alpha value is -0.0800. The Kier molecular flexibility index (Phi) is 4.04. The van der Waals surface area contributed by atoms with Gasteiger partial charge in [-0.3, -0.25) is 0 Å². The molecule has 0 radical (unpaired) electrons. The van der Waals surface area contributed by atoms with Crippen LogP contribution in [0.5, 0.6) is 0 Å². The molecule has 0 atom stereocenters. The fourth-order valence-corrected chi connectivity index (χ4v) is 2.81. The fourth-order valence-electron chi connectivity index (χ4n) is 2.81. The molecule has 0 unspecified atom stereocenters. The quantitative estimate of drug-likeness (QED) is 0.657. The van der Waals surface area contributed by atoms with Gasteiger partial charge in [-0.15, -0.1) is 0 Å². The van der Waals surface area contributed by atoms with E-state index in [1.165, 1.54) is 64.5 Å². The number of hydrogen-bond acceptors (Lipinski definition) is 2. The monoisotopic (exact) mass is 210 g/mol. The van der Waals surface area contributed by atoms with Crippen LogP contribution in [-0.4, -0.2) is 25.7 Å². The second-order valence-electron chi connectivity index (χ2n) is 5.49. The van der Waals surface area contributed by atoms with Gasteiger partial charge in [-0.2, -0.15) is 0 Å². The van der Waals surface area contributed by atoms with E-state index in [-0.39, 0.29) is 0 Å². The summed E-state index contributed by atoms with van der Waals surface area (Å²) in [5.41, 5.74) is 0.467. The molecule has 0 aromatic rings. The van der Waals surface area contributed by atoms with Gasteiger partial charge >= 0.3 is 0 Å². The third kappa shape index (κ3) is 3.46. The van der Waals surface area contributed by atoms with E-state index < -0.39 is 0 Å². The molecule has 88 valence electrons. The van der Waals surface area contributed by atoms with Crippen LogP contribution in [0.2, 0.25) is 0 Å². The second-order valence-corrected chi connectivity index (χ2v) is 5.49. The first kappa shape index (κ1) is 11.4. The third-order valence-electron chi connectivity index (χ3n) is 4.25. The van der Waals surface area contributed by atoms with Crippen molar-refractivity contribution in [1.29, 1.82) is 0 Å². The summed E-state index contributed by atoms with van der Waals surface area (Å²) in [7, 11) is 2.15. The average molecular weight is 210 g/mol. The molecule has 0 aliphatic heterocycles. The Morgan fingerprint density at radius 3 is 2.47 bits per heavy atom. The Bertz CT molecular complexity index is 181. The predicted octanol–water partition coefficient (Wildman–Crippen LogP) is 2.30. The molecule has 0 saturated heterocycles. The SMILES string of the molecule is CNC1(CCNCC2CC2)CCCCC1. The standard InChI is InChI=1S/C13H26N2/c1-14-13(7-3-2-4-8-13)9-10-15-11-12-5-6-12/h12,14-15H,2-11H2,1H3. The highest BCUT2D eigenvalue weighted by Crippen LogP contribution is 2.31. The normalized spacial score (nSPS) is 25.4. The number of nitrogens with one attached hydrogen (secondary N) is 2. The molecular weight excluding hydrogens is 184 g/mol. The zero-order valence-electron chi connectivity index (χ0n) is 10.1. The van der Waals surface area contributed by atoms with E-state index in [1.807, 2.05) is 0 Å². The van der Waals surface area contributed by atoms with Crippen LogP contribution in [0.25, 0.3) is 0 Å². The lowest BCUT2D eigenvalue weighted by Gasteiger charge is -2.37. The van der Waals surface area contributed by atoms with Crippen molar-refractivity contribution in [3.05, 3.63) is 0 Å². The van der Waals surface area contributed by atoms with Gasteiger partial charge in [-0.1, -0.05) is 19.3 Å². The smallest absolute Gasteiger partial charge is 0.0190 e. The van der Waals surface area contributed by atoms with Crippen molar-refractivity contribution < 1.29 is 0 Å². The van der Waals surface area contributed by atoms with E-state index in [0.29, 0.717) is 5.54 Å². The molecule has 2 fully saturated rings. The van der Waals surface area contributed by atoms with E-state index in [4.69, 9.17) is 0 Å². The topological polar surface area (TPSA) is 24.1 Å². The van der Waals surface area contributed by atoms with Crippen molar-refractivity contribution in [3.8, 4) is 0 Å². The molecule has 2 heteroatoms. The first-order valence-corrected chi connectivity index (χ1v) is 6.74. The number of rotatable bonds is 6. The van der Waals surface area contributed by atoms with Gasteiger partial charge < -0.3 is 10.6 Å². The fraction of sp³-hybridized carbons (Fsp3) is 1.00. The summed E-state index contributed by atoms with van der Waals surface area (Å²) in [6.07, 6.45) is 11.3. The van der Waals surface area contributed by atoms with Crippen LogP contribution < -0.4 is 10.6 Å². The first-order chi connectivity index (χ1) is 7.35. The van der Waals surface area contributed by atoms with Crippen molar-refractivity contribution in [3.63, 3.8) is 0 Å². The maximum absolute atomic E-state index is 3.61. The highest BCUT2D eigenvalue weighted by Gasteiger charge is 2.29. The lowest BCUT2D eigenvalue weighted by atomic mass is 9.79. The Morgan fingerprint density at radius 2 is 1.87 bits per heavy atom. The van der Waals surface area contributed by atoms with Gasteiger partial charge in [0.25, 0.3) is 0 Å². The summed E-state index contributed by atoms with van der Waals surface area (Å²) >= 11 is 0.